The lowest BCUT2D eigenvalue weighted by molar-refractivity contribution is 0.0790. The predicted octanol–water partition coefficient (Wildman–Crippen LogP) is 0.379. The van der Waals surface area contributed by atoms with Gasteiger partial charge in [0, 0.05) is 11.5 Å². The van der Waals surface area contributed by atoms with Crippen molar-refractivity contribution in [1.29, 1.82) is 0 Å². The Morgan fingerprint density at radius 2 is 2.00 bits per heavy atom. The SMILES string of the molecule is Cc1c2c(cc(CO)c1C(O)CO)C(O)C(C)C2=O. The largest absolute Gasteiger partial charge is 0.393 e. The number of rotatable bonds is 3. The highest BCUT2D eigenvalue weighted by Crippen LogP contribution is 2.41. The molecule has 1 aliphatic carbocycles. The molecule has 0 spiro atoms. The van der Waals surface area contributed by atoms with Gasteiger partial charge in [-0.25, -0.2) is 0 Å². The van der Waals surface area contributed by atoms with E-state index in [9.17, 15) is 20.1 Å². The first-order chi connectivity index (χ1) is 8.93. The van der Waals surface area contributed by atoms with Crippen molar-refractivity contribution in [1.82, 2.24) is 0 Å². The fraction of sp³-hybridized carbons (Fsp3) is 0.500. The highest BCUT2D eigenvalue weighted by molar-refractivity contribution is 6.04. The molecule has 0 aromatic heterocycles. The van der Waals surface area contributed by atoms with Crippen LogP contribution < -0.4 is 0 Å². The van der Waals surface area contributed by atoms with Crippen LogP contribution in [0, 0.1) is 12.8 Å². The normalized spacial score (nSPS) is 23.6. The van der Waals surface area contributed by atoms with E-state index in [-0.39, 0.29) is 12.4 Å². The molecular weight excluding hydrogens is 248 g/mol. The summed E-state index contributed by atoms with van der Waals surface area (Å²) in [6.07, 6.45) is -2.03. The summed E-state index contributed by atoms with van der Waals surface area (Å²) in [5.74, 6) is -0.697. The van der Waals surface area contributed by atoms with Crippen molar-refractivity contribution in [2.75, 3.05) is 6.61 Å². The molecule has 0 bridgehead atoms. The Hall–Kier alpha value is -1.27. The number of benzene rings is 1. The summed E-state index contributed by atoms with van der Waals surface area (Å²) in [6, 6.07) is 1.54. The maximum Gasteiger partial charge on any atom is 0.169 e. The average Bonchev–Trinajstić information content (AvgIpc) is 2.62. The van der Waals surface area contributed by atoms with E-state index in [1.165, 1.54) is 0 Å². The molecule has 3 unspecified atom stereocenters. The number of carbonyl (C=O) groups is 1. The monoisotopic (exact) mass is 266 g/mol. The van der Waals surface area contributed by atoms with E-state index >= 15 is 0 Å². The zero-order valence-corrected chi connectivity index (χ0v) is 10.9. The van der Waals surface area contributed by atoms with Gasteiger partial charge in [-0.2, -0.15) is 0 Å². The molecule has 1 aromatic rings. The zero-order valence-electron chi connectivity index (χ0n) is 10.9. The minimum Gasteiger partial charge on any atom is -0.393 e. The van der Waals surface area contributed by atoms with Gasteiger partial charge in [0.2, 0.25) is 0 Å². The Kier molecular flexibility index (Phi) is 3.73. The Bertz CT molecular complexity index is 523. The van der Waals surface area contributed by atoms with E-state index in [0.29, 0.717) is 27.8 Å². The van der Waals surface area contributed by atoms with E-state index in [2.05, 4.69) is 0 Å². The highest BCUT2D eigenvalue weighted by Gasteiger charge is 2.38. The number of carbonyl (C=O) groups excluding carboxylic acids is 1. The lowest BCUT2D eigenvalue weighted by atomic mass is 9.90. The second kappa shape index (κ2) is 5.02. The highest BCUT2D eigenvalue weighted by atomic mass is 16.3. The minimum absolute atomic E-state index is 0.170. The molecule has 19 heavy (non-hydrogen) atoms. The van der Waals surface area contributed by atoms with Crippen LogP contribution in [0.25, 0.3) is 0 Å². The zero-order chi connectivity index (χ0) is 14.3. The molecule has 0 fully saturated rings. The first kappa shape index (κ1) is 14.1. The van der Waals surface area contributed by atoms with Crippen LogP contribution in [0.3, 0.4) is 0 Å². The lowest BCUT2D eigenvalue weighted by Crippen LogP contribution is -2.13. The van der Waals surface area contributed by atoms with Gasteiger partial charge in [-0.1, -0.05) is 6.92 Å². The number of hydrogen-bond donors (Lipinski definition) is 4. The van der Waals surface area contributed by atoms with E-state index < -0.39 is 24.7 Å². The molecule has 0 saturated carbocycles. The lowest BCUT2D eigenvalue weighted by Gasteiger charge is -2.19. The molecule has 1 aliphatic rings. The van der Waals surface area contributed by atoms with Crippen molar-refractivity contribution in [3.05, 3.63) is 33.9 Å². The van der Waals surface area contributed by atoms with Crippen molar-refractivity contribution >= 4 is 5.78 Å². The number of aliphatic hydroxyl groups is 4. The van der Waals surface area contributed by atoms with Crippen LogP contribution in [0.15, 0.2) is 6.07 Å². The number of aliphatic hydroxyl groups excluding tert-OH is 4. The molecule has 1 aromatic carbocycles. The average molecular weight is 266 g/mol. The number of ketones is 1. The summed E-state index contributed by atoms with van der Waals surface area (Å²) in [5.41, 5.74) is 2.22. The molecule has 0 aliphatic heterocycles. The van der Waals surface area contributed by atoms with Crippen molar-refractivity contribution in [2.24, 2.45) is 5.92 Å². The van der Waals surface area contributed by atoms with Gasteiger partial charge in [0.15, 0.2) is 5.78 Å². The van der Waals surface area contributed by atoms with Gasteiger partial charge in [0.25, 0.3) is 0 Å². The quantitative estimate of drug-likeness (QED) is 0.634. The van der Waals surface area contributed by atoms with Gasteiger partial charge in [-0.15, -0.1) is 0 Å². The third-order valence-corrected chi connectivity index (χ3v) is 3.87. The fourth-order valence-corrected chi connectivity index (χ4v) is 2.82. The Balaban J connectivity index is 2.71. The van der Waals surface area contributed by atoms with Crippen LogP contribution in [-0.4, -0.2) is 32.8 Å². The van der Waals surface area contributed by atoms with E-state index in [4.69, 9.17) is 5.11 Å². The van der Waals surface area contributed by atoms with Gasteiger partial charge in [0.05, 0.1) is 19.3 Å². The van der Waals surface area contributed by atoms with Crippen LogP contribution in [-0.2, 0) is 6.61 Å². The third-order valence-electron chi connectivity index (χ3n) is 3.87. The molecule has 5 nitrogen and oxygen atoms in total. The molecule has 0 heterocycles. The summed E-state index contributed by atoms with van der Waals surface area (Å²) in [5, 5.41) is 38.3. The van der Waals surface area contributed by atoms with Crippen LogP contribution >= 0.6 is 0 Å². The standard InChI is InChI=1S/C14H18O5/c1-6-11(10(17)5-16)8(4-15)3-9-12(6)14(19)7(2)13(9)18/h3,7,10,13,15-18H,4-5H2,1-2H3. The van der Waals surface area contributed by atoms with Crippen LogP contribution in [0.2, 0.25) is 0 Å². The smallest absolute Gasteiger partial charge is 0.169 e. The molecule has 104 valence electrons. The molecule has 4 N–H and O–H groups in total. The van der Waals surface area contributed by atoms with Crippen molar-refractivity contribution < 1.29 is 25.2 Å². The summed E-state index contributed by atoms with van der Waals surface area (Å²) in [4.78, 5) is 12.1. The minimum atomic E-state index is -1.15. The first-order valence-electron chi connectivity index (χ1n) is 6.22. The molecule has 0 radical (unpaired) electrons. The summed E-state index contributed by atoms with van der Waals surface area (Å²) >= 11 is 0. The number of hydrogen-bond acceptors (Lipinski definition) is 5. The van der Waals surface area contributed by atoms with Crippen molar-refractivity contribution in [2.45, 2.75) is 32.7 Å². The molecule has 0 saturated heterocycles. The van der Waals surface area contributed by atoms with Crippen molar-refractivity contribution in [3.8, 4) is 0 Å². The number of Topliss-reactive ketones (excluding diaryl/α,β-unsaturated/α-hetero) is 1. The molecule has 5 heteroatoms. The topological polar surface area (TPSA) is 98.0 Å². The second-order valence-electron chi connectivity index (χ2n) is 4.99. The molecule has 2 rings (SSSR count). The molecule has 0 amide bonds. The van der Waals surface area contributed by atoms with Crippen LogP contribution in [0.5, 0.6) is 0 Å². The van der Waals surface area contributed by atoms with Gasteiger partial charge >= 0.3 is 0 Å². The Morgan fingerprint density at radius 3 is 2.53 bits per heavy atom. The van der Waals surface area contributed by atoms with Gasteiger partial charge in [0.1, 0.15) is 6.10 Å². The van der Waals surface area contributed by atoms with E-state index in [0.717, 1.165) is 0 Å². The van der Waals surface area contributed by atoms with Gasteiger partial charge < -0.3 is 20.4 Å². The van der Waals surface area contributed by atoms with Crippen molar-refractivity contribution in [3.63, 3.8) is 0 Å². The van der Waals surface area contributed by atoms with Gasteiger partial charge in [-0.3, -0.25) is 4.79 Å². The maximum atomic E-state index is 12.1. The van der Waals surface area contributed by atoms with Crippen LogP contribution in [0.1, 0.15) is 51.7 Å². The van der Waals surface area contributed by atoms with Gasteiger partial charge in [-0.05, 0) is 35.2 Å². The number of fused-ring (bicyclic) bond motifs is 1. The summed E-state index contributed by atoms with van der Waals surface area (Å²) < 4.78 is 0. The predicted molar refractivity (Wildman–Crippen MR) is 67.6 cm³/mol. The molecular formula is C14H18O5. The second-order valence-corrected chi connectivity index (χ2v) is 4.99. The maximum absolute atomic E-state index is 12.1. The summed E-state index contributed by atoms with van der Waals surface area (Å²) in [7, 11) is 0. The van der Waals surface area contributed by atoms with E-state index in [1.54, 1.807) is 19.9 Å². The fourth-order valence-electron chi connectivity index (χ4n) is 2.82. The van der Waals surface area contributed by atoms with E-state index in [1.807, 2.05) is 0 Å². The summed E-state index contributed by atoms with van der Waals surface area (Å²) in [6.45, 7) is 2.50. The van der Waals surface area contributed by atoms with Crippen LogP contribution in [0.4, 0.5) is 0 Å². The first-order valence-corrected chi connectivity index (χ1v) is 6.22. The Labute approximate surface area is 111 Å². The Morgan fingerprint density at radius 1 is 1.37 bits per heavy atom. The molecule has 3 atom stereocenters. The third kappa shape index (κ3) is 1.99.